The summed E-state index contributed by atoms with van der Waals surface area (Å²) in [5, 5.41) is 18.4. The fourth-order valence-electron chi connectivity index (χ4n) is 4.53. The molecule has 4 heterocycles. The van der Waals surface area contributed by atoms with E-state index < -0.39 is 0 Å². The SMILES string of the molecule is CCn1nc(CN2CCC(c3nnc4n3CCNC4)CC2)c2ccccc21. The van der Waals surface area contributed by atoms with Crippen LogP contribution in [0.3, 0.4) is 0 Å². The fraction of sp³-hybridized carbons (Fsp3) is 0.550. The number of nitrogens with one attached hydrogen (secondary N) is 1. The second kappa shape index (κ2) is 7.05. The lowest BCUT2D eigenvalue weighted by Crippen LogP contribution is -2.35. The molecule has 0 atom stereocenters. The minimum atomic E-state index is 0.533. The summed E-state index contributed by atoms with van der Waals surface area (Å²) in [5.41, 5.74) is 2.45. The van der Waals surface area contributed by atoms with Crippen molar-refractivity contribution in [1.29, 1.82) is 0 Å². The molecule has 1 fully saturated rings. The van der Waals surface area contributed by atoms with Gasteiger partial charge in [-0.25, -0.2) is 0 Å². The molecule has 1 N–H and O–H groups in total. The van der Waals surface area contributed by atoms with Crippen LogP contribution in [0.1, 0.15) is 43.0 Å². The largest absolute Gasteiger partial charge is 0.312 e. The zero-order valence-electron chi connectivity index (χ0n) is 15.9. The van der Waals surface area contributed by atoms with Crippen molar-refractivity contribution in [2.24, 2.45) is 0 Å². The molecule has 142 valence electrons. The molecule has 0 saturated carbocycles. The van der Waals surface area contributed by atoms with E-state index in [4.69, 9.17) is 5.10 Å². The Morgan fingerprint density at radius 2 is 1.96 bits per heavy atom. The molecule has 0 spiro atoms. The predicted octanol–water partition coefficient (Wildman–Crippen LogP) is 2.13. The molecule has 5 rings (SSSR count). The maximum absolute atomic E-state index is 4.87. The van der Waals surface area contributed by atoms with Crippen LogP contribution in [0.4, 0.5) is 0 Å². The molecule has 0 unspecified atom stereocenters. The number of hydrogen-bond acceptors (Lipinski definition) is 5. The van der Waals surface area contributed by atoms with E-state index in [1.54, 1.807) is 0 Å². The monoisotopic (exact) mass is 365 g/mol. The summed E-state index contributed by atoms with van der Waals surface area (Å²) >= 11 is 0. The van der Waals surface area contributed by atoms with Gasteiger partial charge in [0, 0.05) is 37.5 Å². The number of aryl methyl sites for hydroxylation is 1. The summed E-state index contributed by atoms with van der Waals surface area (Å²) in [4.78, 5) is 2.54. The molecule has 7 heteroatoms. The minimum absolute atomic E-state index is 0.533. The first-order chi connectivity index (χ1) is 13.3. The van der Waals surface area contributed by atoms with E-state index in [0.717, 1.165) is 64.5 Å². The van der Waals surface area contributed by atoms with Gasteiger partial charge in [-0.15, -0.1) is 10.2 Å². The Kier molecular flexibility index (Phi) is 4.41. The lowest BCUT2D eigenvalue weighted by Gasteiger charge is -2.31. The normalized spacial score (nSPS) is 18.9. The molecule has 0 amide bonds. The number of piperidine rings is 1. The summed E-state index contributed by atoms with van der Waals surface area (Å²) in [5.74, 6) is 2.83. The van der Waals surface area contributed by atoms with Crippen molar-refractivity contribution in [1.82, 2.24) is 34.8 Å². The van der Waals surface area contributed by atoms with Crippen molar-refractivity contribution < 1.29 is 0 Å². The highest BCUT2D eigenvalue weighted by molar-refractivity contribution is 5.81. The summed E-state index contributed by atoms with van der Waals surface area (Å²) in [7, 11) is 0. The van der Waals surface area contributed by atoms with Crippen molar-refractivity contribution in [3.8, 4) is 0 Å². The molecule has 1 aromatic carbocycles. The summed E-state index contributed by atoms with van der Waals surface area (Å²) in [6.45, 7) is 9.05. The maximum Gasteiger partial charge on any atom is 0.147 e. The van der Waals surface area contributed by atoms with Gasteiger partial charge >= 0.3 is 0 Å². The van der Waals surface area contributed by atoms with Crippen LogP contribution in [-0.2, 0) is 26.2 Å². The average molecular weight is 365 g/mol. The number of likely N-dealkylation sites (tertiary alicyclic amines) is 1. The fourth-order valence-corrected chi connectivity index (χ4v) is 4.53. The van der Waals surface area contributed by atoms with Gasteiger partial charge in [-0.05, 0) is 38.9 Å². The number of para-hydroxylation sites is 1. The van der Waals surface area contributed by atoms with Crippen molar-refractivity contribution in [2.75, 3.05) is 19.6 Å². The molecule has 3 aromatic rings. The number of hydrogen-bond donors (Lipinski definition) is 1. The third kappa shape index (κ3) is 3.04. The van der Waals surface area contributed by atoms with Gasteiger partial charge in [-0.1, -0.05) is 18.2 Å². The van der Waals surface area contributed by atoms with Gasteiger partial charge in [0.1, 0.15) is 11.6 Å². The second-order valence-corrected chi connectivity index (χ2v) is 7.63. The van der Waals surface area contributed by atoms with E-state index in [2.05, 4.69) is 60.9 Å². The zero-order chi connectivity index (χ0) is 18.2. The molecule has 0 radical (unpaired) electrons. The van der Waals surface area contributed by atoms with Crippen LogP contribution in [0, 0.1) is 0 Å². The third-order valence-electron chi connectivity index (χ3n) is 6.01. The summed E-state index contributed by atoms with van der Waals surface area (Å²) in [6, 6.07) is 8.58. The first kappa shape index (κ1) is 16.9. The zero-order valence-corrected chi connectivity index (χ0v) is 15.9. The number of nitrogens with zero attached hydrogens (tertiary/aromatic N) is 6. The third-order valence-corrected chi connectivity index (χ3v) is 6.01. The van der Waals surface area contributed by atoms with Crippen molar-refractivity contribution in [2.45, 2.75) is 51.9 Å². The Hall–Kier alpha value is -2.25. The van der Waals surface area contributed by atoms with E-state index in [9.17, 15) is 0 Å². The lowest BCUT2D eigenvalue weighted by atomic mass is 9.95. The van der Waals surface area contributed by atoms with Gasteiger partial charge < -0.3 is 9.88 Å². The van der Waals surface area contributed by atoms with E-state index in [1.807, 2.05) is 0 Å². The van der Waals surface area contributed by atoms with Gasteiger partial charge in [0.25, 0.3) is 0 Å². The van der Waals surface area contributed by atoms with Gasteiger partial charge in [0.2, 0.25) is 0 Å². The lowest BCUT2D eigenvalue weighted by molar-refractivity contribution is 0.197. The van der Waals surface area contributed by atoms with Gasteiger partial charge in [0.15, 0.2) is 0 Å². The van der Waals surface area contributed by atoms with Crippen LogP contribution in [-0.4, -0.2) is 49.1 Å². The van der Waals surface area contributed by atoms with Crippen LogP contribution in [0.25, 0.3) is 10.9 Å². The molecular weight excluding hydrogens is 338 g/mol. The first-order valence-corrected chi connectivity index (χ1v) is 10.1. The van der Waals surface area contributed by atoms with Gasteiger partial charge in [0.05, 0.1) is 17.8 Å². The highest BCUT2D eigenvalue weighted by Crippen LogP contribution is 2.29. The summed E-state index contributed by atoms with van der Waals surface area (Å²) in [6.07, 6.45) is 2.30. The van der Waals surface area contributed by atoms with E-state index >= 15 is 0 Å². The second-order valence-electron chi connectivity index (χ2n) is 7.63. The van der Waals surface area contributed by atoms with Crippen molar-refractivity contribution in [3.63, 3.8) is 0 Å². The Morgan fingerprint density at radius 1 is 1.11 bits per heavy atom. The Morgan fingerprint density at radius 3 is 2.81 bits per heavy atom. The molecule has 0 bridgehead atoms. The van der Waals surface area contributed by atoms with E-state index in [0.29, 0.717) is 5.92 Å². The molecule has 2 aliphatic rings. The standard InChI is InChI=1S/C20H27N7/c1-2-27-18-6-4-3-5-16(18)17(24-27)14-25-10-7-15(8-11-25)20-23-22-19-13-21-9-12-26(19)20/h3-6,15,21H,2,7-14H2,1H3. The summed E-state index contributed by atoms with van der Waals surface area (Å²) < 4.78 is 4.46. The number of aromatic nitrogens is 5. The van der Waals surface area contributed by atoms with E-state index in [1.165, 1.54) is 22.4 Å². The van der Waals surface area contributed by atoms with Crippen LogP contribution in [0.5, 0.6) is 0 Å². The van der Waals surface area contributed by atoms with Gasteiger partial charge in [-0.2, -0.15) is 5.10 Å². The van der Waals surface area contributed by atoms with Crippen molar-refractivity contribution >= 4 is 10.9 Å². The quantitative estimate of drug-likeness (QED) is 0.767. The highest BCUT2D eigenvalue weighted by atomic mass is 15.3. The average Bonchev–Trinajstić information content (AvgIpc) is 3.31. The van der Waals surface area contributed by atoms with Gasteiger partial charge in [-0.3, -0.25) is 9.58 Å². The van der Waals surface area contributed by atoms with E-state index in [-0.39, 0.29) is 0 Å². The van der Waals surface area contributed by atoms with Crippen LogP contribution in [0.2, 0.25) is 0 Å². The predicted molar refractivity (Wildman–Crippen MR) is 104 cm³/mol. The number of fused-ring (bicyclic) bond motifs is 2. The molecule has 1 saturated heterocycles. The van der Waals surface area contributed by atoms with Crippen LogP contribution >= 0.6 is 0 Å². The maximum atomic E-state index is 4.87. The highest BCUT2D eigenvalue weighted by Gasteiger charge is 2.27. The molecule has 27 heavy (non-hydrogen) atoms. The Balaban J connectivity index is 1.28. The molecular formula is C20H27N7. The Labute approximate surface area is 159 Å². The Bertz CT molecular complexity index is 933. The smallest absolute Gasteiger partial charge is 0.147 e. The van der Waals surface area contributed by atoms with Crippen LogP contribution < -0.4 is 5.32 Å². The minimum Gasteiger partial charge on any atom is -0.312 e. The first-order valence-electron chi connectivity index (χ1n) is 10.1. The molecule has 2 aromatic heterocycles. The molecule has 7 nitrogen and oxygen atoms in total. The topological polar surface area (TPSA) is 63.8 Å². The van der Waals surface area contributed by atoms with Crippen LogP contribution in [0.15, 0.2) is 24.3 Å². The number of rotatable bonds is 4. The van der Waals surface area contributed by atoms with Crippen molar-refractivity contribution in [3.05, 3.63) is 41.6 Å². The molecule has 0 aliphatic carbocycles. The molecule has 2 aliphatic heterocycles. The number of benzene rings is 1.